The lowest BCUT2D eigenvalue weighted by atomic mass is 9.90. The second kappa shape index (κ2) is 4.37. The summed E-state index contributed by atoms with van der Waals surface area (Å²) in [7, 11) is 0. The van der Waals surface area contributed by atoms with Crippen molar-refractivity contribution in [1.82, 2.24) is 9.88 Å². The Morgan fingerprint density at radius 1 is 1.35 bits per heavy atom. The Balaban J connectivity index is 1.91. The Kier molecular flexibility index (Phi) is 2.78. The summed E-state index contributed by atoms with van der Waals surface area (Å²) in [6.45, 7) is 2.44. The van der Waals surface area contributed by atoms with E-state index >= 15 is 0 Å². The zero-order chi connectivity index (χ0) is 14.3. The highest BCUT2D eigenvalue weighted by Gasteiger charge is 2.42. The quantitative estimate of drug-likeness (QED) is 0.879. The molecular weight excluding hydrogens is 256 g/mol. The highest BCUT2D eigenvalue weighted by molar-refractivity contribution is 6.06. The van der Waals surface area contributed by atoms with Gasteiger partial charge < -0.3 is 15.0 Å². The van der Waals surface area contributed by atoms with Gasteiger partial charge >= 0.3 is 5.97 Å². The summed E-state index contributed by atoms with van der Waals surface area (Å²) in [6.07, 6.45) is 2.29. The number of carboxylic acids is 1. The minimum Gasteiger partial charge on any atom is -0.481 e. The van der Waals surface area contributed by atoms with Gasteiger partial charge in [-0.3, -0.25) is 9.59 Å². The van der Waals surface area contributed by atoms with E-state index in [0.717, 1.165) is 10.9 Å². The minimum atomic E-state index is -0.842. The van der Waals surface area contributed by atoms with Crippen LogP contribution in [0, 0.1) is 5.41 Å². The van der Waals surface area contributed by atoms with Crippen molar-refractivity contribution in [3.63, 3.8) is 0 Å². The maximum Gasteiger partial charge on any atom is 0.311 e. The van der Waals surface area contributed by atoms with Gasteiger partial charge in [-0.15, -0.1) is 0 Å². The highest BCUT2D eigenvalue weighted by atomic mass is 16.4. The van der Waals surface area contributed by atoms with Gasteiger partial charge in [0, 0.05) is 24.7 Å². The summed E-state index contributed by atoms with van der Waals surface area (Å²) in [5.74, 6) is -0.950. The van der Waals surface area contributed by atoms with Gasteiger partial charge in [0.25, 0.3) is 5.91 Å². The third-order valence-electron chi connectivity index (χ3n) is 4.09. The summed E-state index contributed by atoms with van der Waals surface area (Å²) in [6, 6.07) is 7.47. The molecule has 2 N–H and O–H groups in total. The average molecular weight is 272 g/mol. The number of aromatic nitrogens is 1. The van der Waals surface area contributed by atoms with E-state index < -0.39 is 11.4 Å². The average Bonchev–Trinajstić information content (AvgIpc) is 3.04. The maximum atomic E-state index is 12.6. The van der Waals surface area contributed by atoms with Crippen molar-refractivity contribution in [1.29, 1.82) is 0 Å². The van der Waals surface area contributed by atoms with Gasteiger partial charge in [-0.1, -0.05) is 12.1 Å². The van der Waals surface area contributed by atoms with Crippen LogP contribution in [-0.4, -0.2) is 40.0 Å². The molecule has 1 atom stereocenters. The molecule has 0 aliphatic carbocycles. The van der Waals surface area contributed by atoms with Crippen molar-refractivity contribution in [3.8, 4) is 0 Å². The summed E-state index contributed by atoms with van der Waals surface area (Å²) >= 11 is 0. The number of carbonyl (C=O) groups is 2. The molecule has 0 saturated carbocycles. The van der Waals surface area contributed by atoms with E-state index in [4.69, 9.17) is 0 Å². The van der Waals surface area contributed by atoms with Gasteiger partial charge in [0.05, 0.1) is 16.5 Å². The molecule has 2 heterocycles. The van der Waals surface area contributed by atoms with Crippen LogP contribution in [0.5, 0.6) is 0 Å². The van der Waals surface area contributed by atoms with Crippen molar-refractivity contribution < 1.29 is 14.7 Å². The summed E-state index contributed by atoms with van der Waals surface area (Å²) in [4.78, 5) is 28.5. The van der Waals surface area contributed by atoms with E-state index in [1.54, 1.807) is 24.1 Å². The van der Waals surface area contributed by atoms with Crippen LogP contribution in [0.3, 0.4) is 0 Å². The van der Waals surface area contributed by atoms with Crippen LogP contribution in [0.2, 0.25) is 0 Å². The van der Waals surface area contributed by atoms with Gasteiger partial charge in [0.15, 0.2) is 0 Å². The van der Waals surface area contributed by atoms with Crippen LogP contribution in [0.15, 0.2) is 30.5 Å². The number of rotatable bonds is 2. The molecule has 0 bridgehead atoms. The van der Waals surface area contributed by atoms with Crippen LogP contribution in [0.1, 0.15) is 23.7 Å². The molecule has 0 unspecified atom stereocenters. The summed E-state index contributed by atoms with van der Waals surface area (Å²) in [5.41, 5.74) is 0.572. The van der Waals surface area contributed by atoms with Crippen LogP contribution in [0.25, 0.3) is 10.9 Å². The normalized spacial score (nSPS) is 22.4. The lowest BCUT2D eigenvalue weighted by Crippen LogP contribution is -2.34. The first kappa shape index (κ1) is 12.7. The molecule has 1 aromatic heterocycles. The number of hydrogen-bond donors (Lipinski definition) is 2. The molecular formula is C15H16N2O3. The smallest absolute Gasteiger partial charge is 0.311 e. The highest BCUT2D eigenvalue weighted by Crippen LogP contribution is 2.31. The third kappa shape index (κ3) is 1.86. The van der Waals surface area contributed by atoms with Crippen LogP contribution >= 0.6 is 0 Å². The van der Waals surface area contributed by atoms with Gasteiger partial charge in [0.2, 0.25) is 0 Å². The Morgan fingerprint density at radius 2 is 2.15 bits per heavy atom. The molecule has 2 aromatic rings. The Morgan fingerprint density at radius 3 is 2.85 bits per heavy atom. The van der Waals surface area contributed by atoms with Crippen molar-refractivity contribution in [2.45, 2.75) is 13.3 Å². The molecule has 3 rings (SSSR count). The zero-order valence-corrected chi connectivity index (χ0v) is 11.2. The maximum absolute atomic E-state index is 12.6. The summed E-state index contributed by atoms with van der Waals surface area (Å²) < 4.78 is 0. The number of amides is 1. The van der Waals surface area contributed by atoms with E-state index in [9.17, 15) is 14.7 Å². The van der Waals surface area contributed by atoms with E-state index in [1.807, 2.05) is 18.2 Å². The Hall–Kier alpha value is -2.30. The van der Waals surface area contributed by atoms with Crippen molar-refractivity contribution in [3.05, 3.63) is 36.0 Å². The number of carboxylic acid groups (broad SMARTS) is 1. The van der Waals surface area contributed by atoms with E-state index in [-0.39, 0.29) is 12.5 Å². The van der Waals surface area contributed by atoms with E-state index in [0.29, 0.717) is 18.5 Å². The first-order valence-electron chi connectivity index (χ1n) is 6.60. The molecule has 1 aromatic carbocycles. The SMILES string of the molecule is C[C@]1(C(=O)O)CCN(C(=O)c2cccc3cc[nH]c23)C1. The molecule has 5 heteroatoms. The number of nitrogens with one attached hydrogen (secondary N) is 1. The molecule has 5 nitrogen and oxygen atoms in total. The van der Waals surface area contributed by atoms with E-state index in [2.05, 4.69) is 4.98 Å². The molecule has 1 fully saturated rings. The van der Waals surface area contributed by atoms with E-state index in [1.165, 1.54) is 0 Å². The molecule has 20 heavy (non-hydrogen) atoms. The van der Waals surface area contributed by atoms with Gasteiger partial charge in [-0.25, -0.2) is 0 Å². The van der Waals surface area contributed by atoms with Crippen molar-refractivity contribution >= 4 is 22.8 Å². The predicted molar refractivity (Wildman–Crippen MR) is 74.6 cm³/mol. The summed E-state index contributed by atoms with van der Waals surface area (Å²) in [5, 5.41) is 10.2. The van der Waals surface area contributed by atoms with Crippen LogP contribution in [0.4, 0.5) is 0 Å². The predicted octanol–water partition coefficient (Wildman–Crippen LogP) is 2.10. The van der Waals surface area contributed by atoms with Gasteiger partial charge in [-0.2, -0.15) is 0 Å². The van der Waals surface area contributed by atoms with Gasteiger partial charge in [-0.05, 0) is 25.5 Å². The molecule has 1 aliphatic heterocycles. The van der Waals surface area contributed by atoms with Crippen molar-refractivity contribution in [2.24, 2.45) is 5.41 Å². The Bertz CT molecular complexity index is 691. The first-order chi connectivity index (χ1) is 9.51. The van der Waals surface area contributed by atoms with Crippen molar-refractivity contribution in [2.75, 3.05) is 13.1 Å². The minimum absolute atomic E-state index is 0.108. The lowest BCUT2D eigenvalue weighted by molar-refractivity contribution is -0.147. The molecule has 0 spiro atoms. The third-order valence-corrected chi connectivity index (χ3v) is 4.09. The molecule has 1 amide bonds. The second-order valence-electron chi connectivity index (χ2n) is 5.59. The lowest BCUT2D eigenvalue weighted by Gasteiger charge is -2.20. The zero-order valence-electron chi connectivity index (χ0n) is 11.2. The second-order valence-corrected chi connectivity index (χ2v) is 5.59. The fraction of sp³-hybridized carbons (Fsp3) is 0.333. The van der Waals surface area contributed by atoms with Crippen LogP contribution < -0.4 is 0 Å². The fourth-order valence-corrected chi connectivity index (χ4v) is 2.74. The monoisotopic (exact) mass is 272 g/mol. The number of likely N-dealkylation sites (tertiary alicyclic amines) is 1. The number of carbonyl (C=O) groups excluding carboxylic acids is 1. The first-order valence-corrected chi connectivity index (χ1v) is 6.60. The van der Waals surface area contributed by atoms with Gasteiger partial charge in [0.1, 0.15) is 0 Å². The molecule has 104 valence electrons. The number of para-hydroxylation sites is 1. The number of fused-ring (bicyclic) bond motifs is 1. The number of benzene rings is 1. The molecule has 1 aliphatic rings. The number of nitrogens with zero attached hydrogens (tertiary/aromatic N) is 1. The Labute approximate surface area is 116 Å². The van der Waals surface area contributed by atoms with Crippen LogP contribution in [-0.2, 0) is 4.79 Å². The molecule has 1 saturated heterocycles. The topological polar surface area (TPSA) is 73.4 Å². The number of hydrogen-bond acceptors (Lipinski definition) is 2. The fourth-order valence-electron chi connectivity index (χ4n) is 2.74. The standard InChI is InChI=1S/C15H16N2O3/c1-15(14(19)20)6-8-17(9-15)13(18)11-4-2-3-10-5-7-16-12(10)11/h2-5,7,16H,6,8-9H2,1H3,(H,19,20)/t15-/m0/s1. The molecule has 0 radical (unpaired) electrons. The largest absolute Gasteiger partial charge is 0.481 e. The number of aliphatic carboxylic acids is 1. The number of H-pyrrole nitrogens is 1. The number of aromatic amines is 1.